The monoisotopic (exact) mass is 494 g/mol. The van der Waals surface area contributed by atoms with Gasteiger partial charge in [0.2, 0.25) is 11.9 Å². The lowest BCUT2D eigenvalue weighted by molar-refractivity contribution is -0.115. The Balaban J connectivity index is 1.34. The molecule has 0 aliphatic carbocycles. The third kappa shape index (κ3) is 4.87. The average molecular weight is 495 g/mol. The van der Waals surface area contributed by atoms with Gasteiger partial charge in [-0.2, -0.15) is 0 Å². The molecular weight excluding hydrogens is 476 g/mol. The van der Waals surface area contributed by atoms with Gasteiger partial charge in [0.1, 0.15) is 0 Å². The van der Waals surface area contributed by atoms with Crippen LogP contribution >= 0.6 is 11.6 Å². The molecule has 3 aromatic carbocycles. The van der Waals surface area contributed by atoms with Crippen molar-refractivity contribution in [2.24, 2.45) is 0 Å². The van der Waals surface area contributed by atoms with Crippen molar-refractivity contribution in [1.29, 1.82) is 0 Å². The Morgan fingerprint density at radius 2 is 1.86 bits per heavy atom. The van der Waals surface area contributed by atoms with E-state index in [0.29, 0.717) is 39.2 Å². The topological polar surface area (TPSA) is 100 Å². The summed E-state index contributed by atoms with van der Waals surface area (Å²) in [6.07, 6.45) is 1.02. The Bertz CT molecular complexity index is 1500. The van der Waals surface area contributed by atoms with E-state index in [4.69, 9.17) is 18.2 Å². The zero-order valence-electron chi connectivity index (χ0n) is 18.8. The minimum atomic E-state index is -0.761. The van der Waals surface area contributed by atoms with Gasteiger partial charge in [-0.3, -0.25) is 19.8 Å². The summed E-state index contributed by atoms with van der Waals surface area (Å²) in [5.74, 6) is -0.165. The predicted octanol–water partition coefficient (Wildman–Crippen LogP) is 5.38. The number of hydrogen-bond donors (Lipinski definition) is 3. The van der Waals surface area contributed by atoms with Crippen LogP contribution in [-0.4, -0.2) is 21.8 Å². The summed E-state index contributed by atoms with van der Waals surface area (Å²) in [6.45, 7) is 7.42. The third-order valence-corrected chi connectivity index (χ3v) is 5.88. The smallest absolute Gasteiger partial charge is 0.324 e. The quantitative estimate of drug-likeness (QED) is 0.323. The summed E-state index contributed by atoms with van der Waals surface area (Å²) < 4.78 is 0. The highest BCUT2D eigenvalue weighted by Gasteiger charge is 2.22. The van der Waals surface area contributed by atoms with E-state index in [-0.39, 0.29) is 18.2 Å². The summed E-state index contributed by atoms with van der Waals surface area (Å²) in [5.41, 5.74) is 4.52. The van der Waals surface area contributed by atoms with Crippen molar-refractivity contribution in [3.8, 4) is 11.3 Å². The van der Waals surface area contributed by atoms with Gasteiger partial charge in [0.15, 0.2) is 0 Å². The molecule has 3 N–H and O–H groups in total. The van der Waals surface area contributed by atoms with Gasteiger partial charge in [0.05, 0.1) is 23.4 Å². The summed E-state index contributed by atoms with van der Waals surface area (Å²) in [7, 11) is 0. The number of fused-ring (bicyclic) bond motifs is 3. The Morgan fingerprint density at radius 3 is 2.61 bits per heavy atom. The normalized spacial score (nSPS) is 12.7. The molecule has 2 amide bonds. The molecule has 5 rings (SSSR count). The van der Waals surface area contributed by atoms with Crippen molar-refractivity contribution >= 4 is 40.7 Å². The molecule has 9 heteroatoms. The van der Waals surface area contributed by atoms with Gasteiger partial charge in [0, 0.05) is 33.6 Å². The standard InChI is InChI=1S/C27H19ClN6O2/c1-29-25(16-5-3-2-4-6-16)34-26(36)17-7-10-20(11-8-17)31-27-30-15-18-13-23(35)32-22-14-19(28)9-12-21(22)24(18)33-27/h2-12,14-15,25H,13H2,(H,32,35)(H,34,36)(H,30,31,33). The van der Waals surface area contributed by atoms with Crippen LogP contribution in [0.25, 0.3) is 16.1 Å². The number of rotatable bonds is 5. The number of nitrogens with zero attached hydrogens (tertiary/aromatic N) is 3. The number of nitrogens with one attached hydrogen (secondary N) is 3. The maximum absolute atomic E-state index is 12.7. The number of benzene rings is 3. The van der Waals surface area contributed by atoms with E-state index < -0.39 is 6.17 Å². The zero-order chi connectivity index (χ0) is 25.1. The molecule has 0 spiro atoms. The molecule has 1 aliphatic rings. The summed E-state index contributed by atoms with van der Waals surface area (Å²) in [4.78, 5) is 37.5. The Morgan fingerprint density at radius 1 is 1.08 bits per heavy atom. The second kappa shape index (κ2) is 9.86. The number of halogens is 1. The first-order valence-corrected chi connectivity index (χ1v) is 11.4. The van der Waals surface area contributed by atoms with Crippen molar-refractivity contribution in [2.45, 2.75) is 12.6 Å². The first-order valence-electron chi connectivity index (χ1n) is 11.1. The molecule has 176 valence electrons. The van der Waals surface area contributed by atoms with E-state index in [1.807, 2.05) is 24.3 Å². The molecule has 36 heavy (non-hydrogen) atoms. The lowest BCUT2D eigenvalue weighted by atomic mass is 10.1. The Hall–Kier alpha value is -4.74. The molecule has 0 saturated carbocycles. The summed E-state index contributed by atoms with van der Waals surface area (Å²) in [6, 6.07) is 21.2. The van der Waals surface area contributed by atoms with Crippen LogP contribution in [0.1, 0.15) is 27.7 Å². The van der Waals surface area contributed by atoms with Gasteiger partial charge in [-0.15, -0.1) is 0 Å². The minimum absolute atomic E-state index is 0.153. The molecule has 4 aromatic rings. The lowest BCUT2D eigenvalue weighted by Gasteiger charge is -2.11. The lowest BCUT2D eigenvalue weighted by Crippen LogP contribution is -2.26. The molecule has 2 heterocycles. The molecule has 1 aromatic heterocycles. The number of aromatic nitrogens is 2. The number of carbonyl (C=O) groups is 2. The second-order valence-corrected chi connectivity index (χ2v) is 8.54. The van der Waals surface area contributed by atoms with Crippen molar-refractivity contribution < 1.29 is 9.59 Å². The number of carbonyl (C=O) groups excluding carboxylic acids is 2. The van der Waals surface area contributed by atoms with Gasteiger partial charge in [-0.25, -0.2) is 16.5 Å². The Labute approximate surface area is 212 Å². The molecule has 0 fully saturated rings. The first-order chi connectivity index (χ1) is 17.5. The van der Waals surface area contributed by atoms with E-state index in [0.717, 1.165) is 11.1 Å². The van der Waals surface area contributed by atoms with Crippen LogP contribution in [0.15, 0.2) is 79.0 Å². The van der Waals surface area contributed by atoms with Crippen molar-refractivity contribution in [2.75, 3.05) is 10.6 Å². The average Bonchev–Trinajstić information content (AvgIpc) is 3.02. The minimum Gasteiger partial charge on any atom is -0.325 e. The fraction of sp³-hybridized carbons (Fsp3) is 0.0741. The summed E-state index contributed by atoms with van der Waals surface area (Å²) >= 11 is 6.11. The molecule has 1 aliphatic heterocycles. The third-order valence-electron chi connectivity index (χ3n) is 5.64. The van der Waals surface area contributed by atoms with Crippen LogP contribution < -0.4 is 16.0 Å². The molecule has 1 atom stereocenters. The summed E-state index contributed by atoms with van der Waals surface area (Å²) in [5, 5.41) is 9.25. The molecule has 8 nitrogen and oxygen atoms in total. The van der Waals surface area contributed by atoms with Crippen LogP contribution in [0, 0.1) is 6.57 Å². The highest BCUT2D eigenvalue weighted by atomic mass is 35.5. The van der Waals surface area contributed by atoms with Gasteiger partial charge >= 0.3 is 6.17 Å². The van der Waals surface area contributed by atoms with E-state index >= 15 is 0 Å². The second-order valence-electron chi connectivity index (χ2n) is 8.10. The fourth-order valence-corrected chi connectivity index (χ4v) is 4.06. The maximum Gasteiger partial charge on any atom is 0.324 e. The van der Waals surface area contributed by atoms with Crippen LogP contribution in [0.3, 0.4) is 0 Å². The first kappa shape index (κ1) is 23.0. The van der Waals surface area contributed by atoms with Gasteiger partial charge < -0.3 is 10.6 Å². The largest absolute Gasteiger partial charge is 0.325 e. The highest BCUT2D eigenvalue weighted by Crippen LogP contribution is 2.34. The number of anilines is 3. The van der Waals surface area contributed by atoms with Crippen LogP contribution in [0.5, 0.6) is 0 Å². The van der Waals surface area contributed by atoms with Crippen molar-refractivity contribution in [3.63, 3.8) is 0 Å². The molecule has 1 unspecified atom stereocenters. The zero-order valence-corrected chi connectivity index (χ0v) is 19.6. The molecular formula is C27H19ClN6O2. The Kier molecular flexibility index (Phi) is 6.31. The van der Waals surface area contributed by atoms with E-state index in [9.17, 15) is 9.59 Å². The van der Waals surface area contributed by atoms with Crippen LogP contribution in [0.2, 0.25) is 5.02 Å². The number of hydrogen-bond acceptors (Lipinski definition) is 5. The van der Waals surface area contributed by atoms with Gasteiger partial charge in [0.25, 0.3) is 5.91 Å². The molecule has 0 radical (unpaired) electrons. The van der Waals surface area contributed by atoms with Crippen LogP contribution in [-0.2, 0) is 11.2 Å². The van der Waals surface area contributed by atoms with E-state index in [2.05, 4.69) is 30.8 Å². The van der Waals surface area contributed by atoms with Gasteiger partial charge in [-0.1, -0.05) is 29.8 Å². The van der Waals surface area contributed by atoms with Gasteiger partial charge in [-0.05, 0) is 54.6 Å². The maximum atomic E-state index is 12.7. The fourth-order valence-electron chi connectivity index (χ4n) is 3.89. The predicted molar refractivity (Wildman–Crippen MR) is 138 cm³/mol. The van der Waals surface area contributed by atoms with Crippen LogP contribution in [0.4, 0.5) is 17.3 Å². The van der Waals surface area contributed by atoms with Crippen molar-refractivity contribution in [1.82, 2.24) is 15.3 Å². The molecule has 0 saturated heterocycles. The number of amides is 2. The van der Waals surface area contributed by atoms with E-state index in [1.54, 1.807) is 54.7 Å². The highest BCUT2D eigenvalue weighted by molar-refractivity contribution is 6.31. The SMILES string of the molecule is [C-]#[N+]C(NC(=O)c1ccc(Nc2ncc3c(n2)-c2ccc(Cl)cc2NC(=O)C3)cc1)c1ccccc1. The van der Waals surface area contributed by atoms with Crippen molar-refractivity contribution in [3.05, 3.63) is 112 Å². The molecule has 0 bridgehead atoms. The van der Waals surface area contributed by atoms with E-state index in [1.165, 1.54) is 0 Å².